The number of methoxy groups -OCH3 is 1. The van der Waals surface area contributed by atoms with E-state index < -0.39 is 0 Å². The molecule has 0 N–H and O–H groups in total. The molecule has 3 heteroatoms. The third-order valence-electron chi connectivity index (χ3n) is 1.91. The molecule has 0 bridgehead atoms. The zero-order chi connectivity index (χ0) is 10.4. The Labute approximate surface area is 92.4 Å². The lowest BCUT2D eigenvalue weighted by Gasteiger charge is -2.00. The van der Waals surface area contributed by atoms with Crippen LogP contribution in [0.4, 0.5) is 0 Å². The molecule has 0 radical (unpaired) electrons. The molecular weight excluding hydrogens is 244 g/mol. The summed E-state index contributed by atoms with van der Waals surface area (Å²) in [6.45, 7) is 0.219. The van der Waals surface area contributed by atoms with Gasteiger partial charge >= 0.3 is 0 Å². The maximum Gasteiger partial charge on any atom is 0.158 e. The van der Waals surface area contributed by atoms with Crippen molar-refractivity contribution in [1.82, 2.24) is 0 Å². The van der Waals surface area contributed by atoms with Gasteiger partial charge in [-0.2, -0.15) is 0 Å². The zero-order valence-corrected chi connectivity index (χ0v) is 9.71. The van der Waals surface area contributed by atoms with E-state index in [0.717, 1.165) is 10.9 Å². The minimum absolute atomic E-state index is 0.149. The van der Waals surface area contributed by atoms with Gasteiger partial charge in [-0.1, -0.05) is 28.1 Å². The minimum atomic E-state index is 0.149. The van der Waals surface area contributed by atoms with Crippen molar-refractivity contribution in [2.45, 2.75) is 12.8 Å². The standard InChI is InChI=1S/C11H13BrO2/c1-14-8-11(13)7-4-9-2-5-10(12)6-3-9/h2-3,5-6H,4,7-8H2,1H3. The number of Topliss-reactive ketones (excluding diaryl/α,β-unsaturated/α-hetero) is 1. The van der Waals surface area contributed by atoms with Gasteiger partial charge in [0.15, 0.2) is 5.78 Å². The number of hydrogen-bond acceptors (Lipinski definition) is 2. The molecule has 0 fully saturated rings. The lowest BCUT2D eigenvalue weighted by molar-refractivity contribution is -0.122. The quantitative estimate of drug-likeness (QED) is 0.810. The SMILES string of the molecule is COCC(=O)CCc1ccc(Br)cc1. The van der Waals surface area contributed by atoms with E-state index in [9.17, 15) is 4.79 Å². The predicted molar refractivity (Wildman–Crippen MR) is 59.3 cm³/mol. The summed E-state index contributed by atoms with van der Waals surface area (Å²) in [6, 6.07) is 8.00. The summed E-state index contributed by atoms with van der Waals surface area (Å²) in [5.74, 6) is 0.149. The third kappa shape index (κ3) is 4.03. The van der Waals surface area contributed by atoms with Crippen LogP contribution in [0.3, 0.4) is 0 Å². The number of halogens is 1. The van der Waals surface area contributed by atoms with Crippen LogP contribution in [-0.4, -0.2) is 19.5 Å². The lowest BCUT2D eigenvalue weighted by Crippen LogP contribution is -2.07. The van der Waals surface area contributed by atoms with Gasteiger partial charge in [0.2, 0.25) is 0 Å². The second kappa shape index (κ2) is 5.94. The van der Waals surface area contributed by atoms with Gasteiger partial charge in [-0.15, -0.1) is 0 Å². The van der Waals surface area contributed by atoms with Gasteiger partial charge in [0.05, 0.1) is 0 Å². The van der Waals surface area contributed by atoms with Crippen LogP contribution in [0.15, 0.2) is 28.7 Å². The van der Waals surface area contributed by atoms with Crippen LogP contribution in [0, 0.1) is 0 Å². The molecule has 0 atom stereocenters. The number of ether oxygens (including phenoxy) is 1. The minimum Gasteiger partial charge on any atom is -0.377 e. The molecule has 1 rings (SSSR count). The first-order valence-electron chi connectivity index (χ1n) is 4.47. The Hall–Kier alpha value is -0.670. The van der Waals surface area contributed by atoms with Crippen LogP contribution in [0.5, 0.6) is 0 Å². The maximum absolute atomic E-state index is 11.1. The van der Waals surface area contributed by atoms with E-state index >= 15 is 0 Å². The predicted octanol–water partition coefficient (Wildman–Crippen LogP) is 2.60. The first kappa shape index (κ1) is 11.4. The number of carbonyl (C=O) groups excluding carboxylic acids is 1. The summed E-state index contributed by atoms with van der Waals surface area (Å²) in [5, 5.41) is 0. The Morgan fingerprint density at radius 2 is 2.00 bits per heavy atom. The second-order valence-electron chi connectivity index (χ2n) is 3.10. The topological polar surface area (TPSA) is 26.3 Å². The average Bonchev–Trinajstić information content (AvgIpc) is 2.17. The Bertz CT molecular complexity index is 293. The molecule has 1 aromatic rings. The second-order valence-corrected chi connectivity index (χ2v) is 4.01. The summed E-state index contributed by atoms with van der Waals surface area (Å²) in [5.41, 5.74) is 1.18. The molecular formula is C11H13BrO2. The maximum atomic E-state index is 11.1. The molecule has 0 aliphatic heterocycles. The number of ketones is 1. The smallest absolute Gasteiger partial charge is 0.158 e. The number of aryl methyl sites for hydroxylation is 1. The average molecular weight is 257 g/mol. The van der Waals surface area contributed by atoms with E-state index in [4.69, 9.17) is 4.74 Å². The van der Waals surface area contributed by atoms with E-state index in [-0.39, 0.29) is 12.4 Å². The normalized spacial score (nSPS) is 10.1. The van der Waals surface area contributed by atoms with Gasteiger partial charge in [-0.25, -0.2) is 0 Å². The van der Waals surface area contributed by atoms with Crippen LogP contribution >= 0.6 is 15.9 Å². The van der Waals surface area contributed by atoms with Crippen molar-refractivity contribution in [2.75, 3.05) is 13.7 Å². The summed E-state index contributed by atoms with van der Waals surface area (Å²) in [6.07, 6.45) is 1.34. The van der Waals surface area contributed by atoms with Crippen molar-refractivity contribution in [3.63, 3.8) is 0 Å². The first-order chi connectivity index (χ1) is 6.72. The highest BCUT2D eigenvalue weighted by atomic mass is 79.9. The molecule has 0 amide bonds. The fraction of sp³-hybridized carbons (Fsp3) is 0.364. The number of rotatable bonds is 5. The molecule has 0 aliphatic carbocycles. The van der Waals surface area contributed by atoms with Gasteiger partial charge in [0.1, 0.15) is 6.61 Å². The van der Waals surface area contributed by atoms with Crippen molar-refractivity contribution in [3.8, 4) is 0 Å². The highest BCUT2D eigenvalue weighted by Crippen LogP contribution is 2.11. The van der Waals surface area contributed by atoms with Crippen molar-refractivity contribution in [1.29, 1.82) is 0 Å². The van der Waals surface area contributed by atoms with Crippen LogP contribution in [0.1, 0.15) is 12.0 Å². The number of hydrogen-bond donors (Lipinski definition) is 0. The van der Waals surface area contributed by atoms with Crippen LogP contribution in [0.2, 0.25) is 0 Å². The third-order valence-corrected chi connectivity index (χ3v) is 2.44. The van der Waals surface area contributed by atoms with Gasteiger partial charge < -0.3 is 4.74 Å². The molecule has 0 heterocycles. The van der Waals surface area contributed by atoms with E-state index in [2.05, 4.69) is 15.9 Å². The van der Waals surface area contributed by atoms with E-state index in [1.165, 1.54) is 12.7 Å². The van der Waals surface area contributed by atoms with Crippen LogP contribution < -0.4 is 0 Å². The summed E-state index contributed by atoms with van der Waals surface area (Å²) >= 11 is 3.36. The van der Waals surface area contributed by atoms with Crippen molar-refractivity contribution in [2.24, 2.45) is 0 Å². The molecule has 14 heavy (non-hydrogen) atoms. The van der Waals surface area contributed by atoms with Crippen LogP contribution in [0.25, 0.3) is 0 Å². The van der Waals surface area contributed by atoms with Gasteiger partial charge in [-0.05, 0) is 24.1 Å². The highest BCUT2D eigenvalue weighted by Gasteiger charge is 2.01. The Morgan fingerprint density at radius 3 is 2.57 bits per heavy atom. The summed E-state index contributed by atoms with van der Waals surface area (Å²) in [7, 11) is 1.54. The Morgan fingerprint density at radius 1 is 1.36 bits per heavy atom. The summed E-state index contributed by atoms with van der Waals surface area (Å²) < 4.78 is 5.81. The Balaban J connectivity index is 2.38. The van der Waals surface area contributed by atoms with Crippen molar-refractivity contribution < 1.29 is 9.53 Å². The van der Waals surface area contributed by atoms with Crippen molar-refractivity contribution in [3.05, 3.63) is 34.3 Å². The van der Waals surface area contributed by atoms with Gasteiger partial charge in [0, 0.05) is 18.0 Å². The lowest BCUT2D eigenvalue weighted by atomic mass is 10.1. The summed E-state index contributed by atoms with van der Waals surface area (Å²) in [4.78, 5) is 11.1. The fourth-order valence-electron chi connectivity index (χ4n) is 1.17. The Kier molecular flexibility index (Phi) is 4.84. The molecule has 2 nitrogen and oxygen atoms in total. The van der Waals surface area contributed by atoms with Gasteiger partial charge in [0.25, 0.3) is 0 Å². The van der Waals surface area contributed by atoms with Crippen LogP contribution in [-0.2, 0) is 16.0 Å². The molecule has 0 aromatic heterocycles. The molecule has 0 saturated heterocycles. The first-order valence-corrected chi connectivity index (χ1v) is 5.27. The molecule has 0 saturated carbocycles. The van der Waals surface area contributed by atoms with E-state index in [1.807, 2.05) is 24.3 Å². The number of carbonyl (C=O) groups is 1. The van der Waals surface area contributed by atoms with E-state index in [1.54, 1.807) is 0 Å². The monoisotopic (exact) mass is 256 g/mol. The molecule has 0 spiro atoms. The molecule has 76 valence electrons. The molecule has 0 unspecified atom stereocenters. The largest absolute Gasteiger partial charge is 0.377 e. The highest BCUT2D eigenvalue weighted by molar-refractivity contribution is 9.10. The van der Waals surface area contributed by atoms with Gasteiger partial charge in [-0.3, -0.25) is 4.79 Å². The van der Waals surface area contributed by atoms with E-state index in [0.29, 0.717) is 6.42 Å². The fourth-order valence-corrected chi connectivity index (χ4v) is 1.43. The van der Waals surface area contributed by atoms with Crippen molar-refractivity contribution >= 4 is 21.7 Å². The number of benzene rings is 1. The molecule has 1 aromatic carbocycles. The zero-order valence-electron chi connectivity index (χ0n) is 8.13. The molecule has 0 aliphatic rings.